The fourth-order valence-electron chi connectivity index (χ4n) is 3.34. The van der Waals surface area contributed by atoms with E-state index in [1.165, 1.54) is 24.3 Å². The van der Waals surface area contributed by atoms with Crippen LogP contribution in [0.5, 0.6) is 0 Å². The molecule has 9 nitrogen and oxygen atoms in total. The van der Waals surface area contributed by atoms with Crippen molar-refractivity contribution in [3.05, 3.63) is 29.8 Å². The van der Waals surface area contributed by atoms with Crippen molar-refractivity contribution in [3.63, 3.8) is 0 Å². The lowest BCUT2D eigenvalue weighted by atomic mass is 10.1. The lowest BCUT2D eigenvalue weighted by Crippen LogP contribution is -2.49. The van der Waals surface area contributed by atoms with Crippen molar-refractivity contribution in [3.8, 4) is 0 Å². The highest BCUT2D eigenvalue weighted by atomic mass is 32.3. The molecule has 12 heteroatoms. The number of sulfonamides is 3. The van der Waals surface area contributed by atoms with Gasteiger partial charge in [-0.1, -0.05) is 48.5 Å². The largest absolute Gasteiger partial charge is 0.269 e. The second-order valence-electron chi connectivity index (χ2n) is 7.09. The molecule has 2 rings (SSSR count). The first-order chi connectivity index (χ1) is 13.3. The third-order valence-electron chi connectivity index (χ3n) is 4.68. The molecule has 29 heavy (non-hydrogen) atoms. The first-order valence-electron chi connectivity index (χ1n) is 9.17. The minimum atomic E-state index is -4.21. The Hall–Kier alpha value is -1.50. The van der Waals surface area contributed by atoms with Crippen molar-refractivity contribution in [2.45, 2.75) is 50.0 Å². The van der Waals surface area contributed by atoms with Crippen LogP contribution in [0, 0.1) is 0 Å². The molecule has 1 aliphatic heterocycles. The van der Waals surface area contributed by atoms with Crippen molar-refractivity contribution >= 4 is 36.0 Å². The maximum Gasteiger partial charge on any atom is 0.269 e. The first-order valence-corrected chi connectivity index (χ1v) is 14.3. The summed E-state index contributed by atoms with van der Waals surface area (Å²) >= 11 is 0. The van der Waals surface area contributed by atoms with Crippen LogP contribution in [-0.2, 0) is 30.1 Å². The highest BCUT2D eigenvalue weighted by molar-refractivity contribution is 8.03. The minimum Gasteiger partial charge on any atom is -0.268 e. The number of amides is 1. The summed E-state index contributed by atoms with van der Waals surface area (Å²) in [6, 6.07) is 4.57. The van der Waals surface area contributed by atoms with Gasteiger partial charge in [0.2, 0.25) is 20.0 Å². The molecule has 0 saturated carbocycles. The van der Waals surface area contributed by atoms with Crippen LogP contribution in [0.3, 0.4) is 0 Å². The second-order valence-corrected chi connectivity index (χ2v) is 12.9. The molecule has 0 aliphatic carbocycles. The maximum absolute atomic E-state index is 13.0. The van der Waals surface area contributed by atoms with Gasteiger partial charge in [-0.05, 0) is 18.6 Å². The number of carbonyl (C=O) groups is 1. The molecule has 1 heterocycles. The van der Waals surface area contributed by atoms with Crippen molar-refractivity contribution in [1.29, 1.82) is 0 Å². The predicted octanol–water partition coefficient (Wildman–Crippen LogP) is 1.39. The molecule has 0 aromatic heterocycles. The zero-order valence-electron chi connectivity index (χ0n) is 16.6. The van der Waals surface area contributed by atoms with Crippen molar-refractivity contribution in [2.75, 3.05) is 19.1 Å². The topological polar surface area (TPSA) is 126 Å². The monoisotopic (exact) mass is 466 g/mol. The van der Waals surface area contributed by atoms with E-state index in [0.717, 1.165) is 31.8 Å². The maximum atomic E-state index is 13.0. The average Bonchev–Trinajstić information content (AvgIpc) is 2.79. The van der Waals surface area contributed by atoms with Gasteiger partial charge in [0.15, 0.2) is 0 Å². The normalized spacial score (nSPS) is 17.5. The van der Waals surface area contributed by atoms with Crippen LogP contribution < -0.4 is 0 Å². The van der Waals surface area contributed by atoms with E-state index in [4.69, 9.17) is 0 Å². The molecule has 1 amide bonds. The second kappa shape index (κ2) is 8.70. The Morgan fingerprint density at radius 1 is 1.00 bits per heavy atom. The van der Waals surface area contributed by atoms with E-state index in [-0.39, 0.29) is 20.6 Å². The van der Waals surface area contributed by atoms with Gasteiger partial charge in [-0.2, -0.15) is 0 Å². The van der Waals surface area contributed by atoms with Crippen LogP contribution in [0.25, 0.3) is 0 Å². The number of hydrogen-bond acceptors (Lipinski definition) is 7. The van der Waals surface area contributed by atoms with Crippen LogP contribution in [0.1, 0.15) is 49.4 Å². The molecule has 1 aromatic carbocycles. The van der Waals surface area contributed by atoms with Gasteiger partial charge < -0.3 is 0 Å². The van der Waals surface area contributed by atoms with Gasteiger partial charge in [-0.15, -0.1) is 0 Å². The van der Waals surface area contributed by atoms with E-state index < -0.39 is 48.6 Å². The molecule has 0 fully saturated rings. The summed E-state index contributed by atoms with van der Waals surface area (Å²) < 4.78 is 75.1. The lowest BCUT2D eigenvalue weighted by Gasteiger charge is -2.30. The summed E-state index contributed by atoms with van der Waals surface area (Å²) in [7, 11) is -12.6. The summed E-state index contributed by atoms with van der Waals surface area (Å²) in [6.45, 7) is 1.35. The Bertz CT molecular complexity index is 1050. The molecule has 164 valence electrons. The smallest absolute Gasteiger partial charge is 0.268 e. The third-order valence-corrected chi connectivity index (χ3v) is 9.97. The molecular weight excluding hydrogens is 440 g/mol. The molecule has 0 saturated heterocycles. The highest BCUT2D eigenvalue weighted by Crippen LogP contribution is 2.33. The molecular formula is C17H26N2O7S3. The molecule has 0 spiro atoms. The van der Waals surface area contributed by atoms with Gasteiger partial charge in [-0.25, -0.2) is 29.6 Å². The van der Waals surface area contributed by atoms with Gasteiger partial charge in [-0.3, -0.25) is 4.79 Å². The molecule has 1 aliphatic rings. The fraction of sp³-hybridized carbons (Fsp3) is 0.588. The number of hydrogen-bond donors (Lipinski definition) is 0. The SMILES string of the molecule is CCCCCCC(CN(S(C)(=O)=O)S(C)(=O)=O)N1C(=O)c2ccccc2S1(=O)=O. The lowest BCUT2D eigenvalue weighted by molar-refractivity contribution is 0.0820. The van der Waals surface area contributed by atoms with Crippen LogP contribution >= 0.6 is 0 Å². The Morgan fingerprint density at radius 2 is 1.59 bits per heavy atom. The number of rotatable bonds is 10. The number of unbranched alkanes of at least 4 members (excludes halogenated alkanes) is 3. The van der Waals surface area contributed by atoms with Crippen molar-refractivity contribution < 1.29 is 30.0 Å². The Morgan fingerprint density at radius 3 is 2.10 bits per heavy atom. The van der Waals surface area contributed by atoms with E-state index in [0.29, 0.717) is 10.7 Å². The summed E-state index contributed by atoms with van der Waals surface area (Å²) in [5, 5.41) is 0. The Balaban J connectivity index is 2.47. The van der Waals surface area contributed by atoms with Gasteiger partial charge in [0, 0.05) is 0 Å². The van der Waals surface area contributed by atoms with Crippen molar-refractivity contribution in [1.82, 2.24) is 8.02 Å². The standard InChI is InChI=1S/C17H26N2O7S3/c1-4-5-6-7-10-14(13-18(27(2,21)22)28(3,23)24)19-17(20)15-11-8-9-12-16(15)29(19,25)26/h8-9,11-12,14H,4-7,10,13H2,1-3H3. The number of nitrogens with zero attached hydrogens (tertiary/aromatic N) is 2. The quantitative estimate of drug-likeness (QED) is 0.477. The Kier molecular flexibility index (Phi) is 7.13. The van der Waals surface area contributed by atoms with Gasteiger partial charge >= 0.3 is 0 Å². The van der Waals surface area contributed by atoms with Crippen LogP contribution in [0.4, 0.5) is 0 Å². The van der Waals surface area contributed by atoms with E-state index in [9.17, 15) is 30.0 Å². The minimum absolute atomic E-state index is 0.00341. The summed E-state index contributed by atoms with van der Waals surface area (Å²) in [5.41, 5.74) is -0.00341. The van der Waals surface area contributed by atoms with Gasteiger partial charge in [0.1, 0.15) is 4.90 Å². The van der Waals surface area contributed by atoms with Crippen LogP contribution in [0.15, 0.2) is 29.2 Å². The number of benzene rings is 1. The van der Waals surface area contributed by atoms with Crippen molar-refractivity contribution in [2.24, 2.45) is 0 Å². The first kappa shape index (κ1) is 23.8. The molecule has 0 radical (unpaired) electrons. The Labute approximate surface area is 172 Å². The van der Waals surface area contributed by atoms with E-state index in [1.807, 2.05) is 6.92 Å². The van der Waals surface area contributed by atoms with Gasteiger partial charge in [0.25, 0.3) is 15.9 Å². The molecule has 1 atom stereocenters. The zero-order chi connectivity index (χ0) is 22.0. The fourth-order valence-corrected chi connectivity index (χ4v) is 7.97. The van der Waals surface area contributed by atoms with E-state index in [1.54, 1.807) is 0 Å². The van der Waals surface area contributed by atoms with Crippen LogP contribution in [-0.4, -0.2) is 64.3 Å². The van der Waals surface area contributed by atoms with Crippen LogP contribution in [0.2, 0.25) is 0 Å². The van der Waals surface area contributed by atoms with E-state index in [2.05, 4.69) is 0 Å². The average molecular weight is 467 g/mol. The summed E-state index contributed by atoms with van der Waals surface area (Å²) in [4.78, 5) is 12.7. The molecule has 0 N–H and O–H groups in total. The zero-order valence-corrected chi connectivity index (χ0v) is 19.1. The predicted molar refractivity (Wildman–Crippen MR) is 109 cm³/mol. The summed E-state index contributed by atoms with van der Waals surface area (Å²) in [5.74, 6) is -0.775. The number of fused-ring (bicyclic) bond motifs is 1. The van der Waals surface area contributed by atoms with E-state index >= 15 is 0 Å². The molecule has 0 bridgehead atoms. The highest BCUT2D eigenvalue weighted by Gasteiger charge is 2.46. The number of carbonyl (C=O) groups excluding carboxylic acids is 1. The molecule has 1 unspecified atom stereocenters. The molecule has 1 aromatic rings. The van der Waals surface area contributed by atoms with Gasteiger partial charge in [0.05, 0.1) is 30.7 Å². The summed E-state index contributed by atoms with van der Waals surface area (Å²) in [6.07, 6.45) is 4.70. The third kappa shape index (κ3) is 5.16.